The summed E-state index contributed by atoms with van der Waals surface area (Å²) in [4.78, 5) is 89.8. The second kappa shape index (κ2) is 48.8. The molecule has 2 aromatic carbocycles. The van der Waals surface area contributed by atoms with Crippen LogP contribution in [0, 0.1) is 59.1 Å². The summed E-state index contributed by atoms with van der Waals surface area (Å²) in [5.74, 6) is 1.18. The number of anilines is 1. The normalized spacial score (nSPS) is 21.4. The van der Waals surface area contributed by atoms with Crippen LogP contribution in [0.3, 0.4) is 0 Å². The van der Waals surface area contributed by atoms with Crippen LogP contribution in [0.1, 0.15) is 154 Å². The number of benzene rings is 2. The molecule has 4 saturated carbocycles. The standard InChI is InChI=1S/C23H29FN4O6S.C23H26N6O7S2.C22H23BrFN5O5S.C21H22F3N5O5S2/c1-23(2,33-3)6-4-7-28-8-5-15(12-28)21(29)18-11-26-14-27-19(18)10-16-9-17(22(30)20(16)24)13-34-35(25,31)32;1-2-37(33)16-5-3-4-14(8-16)11-29-7-6-18(28-29)21(31)17-10-25-13-26-23(17)27-19-9-15(20(30)22(19)32)12-36-38(24,34)35;23-17-6-13(1-2-18(17)24)10-29-4-3-19(28-29)22(31)16-9-26-12-27-20(16)7-14-5-15(21(30)8-14)11-34-35(25,32)33;22-21(23,24)20-27-6-15(35-20)9-29-2-1-13(8-29)19(31)16-7-26-11-28-17(16)4-12-3-14(18(30)5-12)10-34-36(25,32)33/h5,8,11-12,14,16-17,20,22,30H,7,9-10,13H2,1-3H3,(H2,25,31,32);2-8,10,13,15,19-20,22,30,32H,1,9,11-12H2,(H2,24,34,35)(H,25,26,27);1-4,6,9,12,14-15,21,30H,5,7-8,10-11H2,(H2,25,32,33);1-2,6-8,11-12,14,18,30H,3-5,9-10H2,(H2,25,32,33)/t16-,17+,20+,22+;15-,19-,20-,22+,37?;14-,15+,21-;12-,14+,18-/m0100/s1. The Morgan fingerprint density at radius 2 is 1.03 bits per heavy atom. The number of nitrogens with one attached hydrogen (secondary N) is 1. The van der Waals surface area contributed by atoms with E-state index >= 15 is 0 Å². The second-order valence-corrected chi connectivity index (χ2v) is 42.9. The van der Waals surface area contributed by atoms with Gasteiger partial charge in [0.1, 0.15) is 66.2 Å². The molecule has 55 heteroatoms. The second-order valence-electron chi connectivity index (χ2n) is 34.7. The number of methoxy groups -OCH3 is 1. The van der Waals surface area contributed by atoms with Crippen LogP contribution in [0.15, 0.2) is 182 Å². The Balaban J connectivity index is 0.000000171. The van der Waals surface area contributed by atoms with Crippen molar-refractivity contribution >= 4 is 108 Å². The van der Waals surface area contributed by atoms with Crippen molar-refractivity contribution in [3.8, 4) is 11.8 Å². The maximum atomic E-state index is 14.8. The first-order valence-corrected chi connectivity index (χ1v) is 52.5. The first-order chi connectivity index (χ1) is 67.9. The molecule has 1 unspecified atom stereocenters. The topological polar surface area (TPSA) is 647 Å². The maximum Gasteiger partial charge on any atom is 0.443 e. The summed E-state index contributed by atoms with van der Waals surface area (Å²) in [5, 5.41) is 83.0. The zero-order chi connectivity index (χ0) is 105. The predicted molar refractivity (Wildman–Crippen MR) is 507 cm³/mol. The quantitative estimate of drug-likeness (QED) is 0.0136. The number of carbonyl (C=O) groups is 4. The lowest BCUT2D eigenvalue weighted by Gasteiger charge is -2.19. The number of hydrogen-bond acceptors (Lipinski definition) is 36. The zero-order valence-corrected chi connectivity index (χ0v) is 83.2. The van der Waals surface area contributed by atoms with Gasteiger partial charge in [-0.1, -0.05) is 36.6 Å². The number of nitrogens with zero attached hydrogens (tertiary/aromatic N) is 15. The molecule has 0 saturated heterocycles. The van der Waals surface area contributed by atoms with Gasteiger partial charge < -0.3 is 44.7 Å². The first kappa shape index (κ1) is 111. The van der Waals surface area contributed by atoms with Crippen LogP contribution in [0.25, 0.3) is 0 Å². The highest BCUT2D eigenvalue weighted by molar-refractivity contribution is 9.10. The molecule has 0 aliphatic heterocycles. The Bertz CT molecular complexity index is 7000. The Morgan fingerprint density at radius 1 is 0.562 bits per heavy atom. The highest BCUT2D eigenvalue weighted by Crippen LogP contribution is 2.41. The summed E-state index contributed by atoms with van der Waals surface area (Å²) in [7, 11) is -16.4. The van der Waals surface area contributed by atoms with Gasteiger partial charge in [-0.15, -0.1) is 11.3 Å². The third-order valence-electron chi connectivity index (χ3n) is 23.8. The Labute approximate surface area is 837 Å². The molecular formula is C89H100BrF5N20O23S6. The van der Waals surface area contributed by atoms with E-state index in [1.54, 1.807) is 111 Å². The molecular weight excluding hydrogens is 2080 g/mol. The summed E-state index contributed by atoms with van der Waals surface area (Å²) in [5.41, 5.74) is 4.35. The number of carbonyl (C=O) groups excluding carboxylic acids is 4. The minimum absolute atomic E-state index is 0.0324. The molecule has 43 nitrogen and oxygen atoms in total. The fourth-order valence-electron chi connectivity index (χ4n) is 16.6. The lowest BCUT2D eigenvalue weighted by Crippen LogP contribution is -2.36. The van der Waals surface area contributed by atoms with Crippen molar-refractivity contribution in [1.82, 2.24) is 73.6 Å². The number of aliphatic hydroxyl groups excluding tert-OH is 5. The molecule has 144 heavy (non-hydrogen) atoms. The number of rotatable bonds is 38. The largest absolute Gasteiger partial charge is 0.443 e. The van der Waals surface area contributed by atoms with Crippen LogP contribution in [-0.2, 0) is 125 Å². The predicted octanol–water partition coefficient (Wildman–Crippen LogP) is 5.17. The summed E-state index contributed by atoms with van der Waals surface area (Å²) in [6, 6.07) is 17.4. The summed E-state index contributed by atoms with van der Waals surface area (Å²) in [6.45, 7) is 7.15. The van der Waals surface area contributed by atoms with Crippen molar-refractivity contribution < 1.29 is 126 Å². The monoisotopic (exact) mass is 2180 g/mol. The van der Waals surface area contributed by atoms with Gasteiger partial charge in [0.15, 0.2) is 16.6 Å². The molecule has 0 amide bonds. The van der Waals surface area contributed by atoms with Gasteiger partial charge in [0, 0.05) is 125 Å². The van der Waals surface area contributed by atoms with Crippen LogP contribution in [-0.4, -0.2) is 242 Å². The van der Waals surface area contributed by atoms with E-state index < -0.39 is 154 Å². The van der Waals surface area contributed by atoms with Gasteiger partial charge in [-0.25, -0.2) is 78.4 Å². The smallest absolute Gasteiger partial charge is 0.393 e. The van der Waals surface area contributed by atoms with Gasteiger partial charge in [-0.2, -0.15) is 57.0 Å². The summed E-state index contributed by atoms with van der Waals surface area (Å²) < 4.78 is 197. The molecule has 14 N–H and O–H groups in total. The van der Waals surface area contributed by atoms with Crippen LogP contribution in [0.2, 0.25) is 0 Å². The lowest BCUT2D eigenvalue weighted by molar-refractivity contribution is -0.137. The van der Waals surface area contributed by atoms with E-state index in [1.165, 1.54) is 67.8 Å². The number of halogens is 6. The van der Waals surface area contributed by atoms with Gasteiger partial charge >= 0.3 is 47.4 Å². The molecule has 0 bridgehead atoms. The maximum absolute atomic E-state index is 14.8. The van der Waals surface area contributed by atoms with Crippen molar-refractivity contribution in [2.45, 2.75) is 157 Å². The summed E-state index contributed by atoms with van der Waals surface area (Å²) >= 11 is 3.70. The minimum atomic E-state index is -4.50. The van der Waals surface area contributed by atoms with E-state index in [4.69, 9.17) is 25.3 Å². The number of hydrogen-bond donors (Lipinski definition) is 10. The molecule has 4 fully saturated rings. The average Bonchev–Trinajstić information content (AvgIpc) is 1.67. The molecule has 9 aromatic heterocycles. The molecule has 4 aliphatic carbocycles. The SMILES string of the molecule is C=CS(=O)c1cccc(Cn2ccc(C(=O)c3cncnc3N[C@@H]3C[C@H](COS(N)(=O)=O)[C@@H](O)[C@H]3O)n2)c1.COC(C)(C)C#CCn1ccc(C(=O)c2cncnc2C[C@@H]2C[C@H](COS(N)(=O)=O)[C@@H](O)[C@@H]2F)c1.NS(=O)(=O)OC[C@H]1C[C@@H](Cc2ncncc2C(=O)c2ccn(Cc3ccc(F)c(Br)c3)n2)C[C@@H]1O.NS(=O)(=O)OC[C@H]1C[C@@H](Cc2ncncc2C(=O)c2ccn(Cc3cnc(C(F)(F)F)s3)c2)C[C@@H]1O. The highest BCUT2D eigenvalue weighted by atomic mass is 79.9. The van der Waals surface area contributed by atoms with E-state index in [0.29, 0.717) is 118 Å². The third kappa shape index (κ3) is 31.8. The third-order valence-corrected chi connectivity index (χ3v) is 28.3. The Hall–Kier alpha value is -11.3. The zero-order valence-electron chi connectivity index (χ0n) is 76.7. The Morgan fingerprint density at radius 3 is 1.53 bits per heavy atom. The number of ketones is 4. The van der Waals surface area contributed by atoms with Crippen molar-refractivity contribution in [2.75, 3.05) is 38.9 Å². The van der Waals surface area contributed by atoms with E-state index in [-0.39, 0.29) is 114 Å². The molecule has 11 aromatic rings. The molecule has 15 atom stereocenters. The van der Waals surface area contributed by atoms with Crippen molar-refractivity contribution in [3.63, 3.8) is 0 Å². The van der Waals surface area contributed by atoms with Gasteiger partial charge in [0.05, 0.1) is 138 Å². The number of nitrogens with two attached hydrogens (primary N) is 4. The van der Waals surface area contributed by atoms with Crippen molar-refractivity contribution in [2.24, 2.45) is 62.0 Å². The van der Waals surface area contributed by atoms with E-state index in [1.807, 2.05) is 19.9 Å². The number of ether oxygens (including phenoxy) is 1. The van der Waals surface area contributed by atoms with Crippen LogP contribution >= 0.6 is 27.3 Å². The molecule has 9 heterocycles. The van der Waals surface area contributed by atoms with E-state index in [2.05, 4.69) is 111 Å². The van der Waals surface area contributed by atoms with E-state index in [0.717, 1.165) is 17.3 Å². The van der Waals surface area contributed by atoms with Gasteiger partial charge in [0.25, 0.3) is 0 Å². The van der Waals surface area contributed by atoms with Crippen molar-refractivity contribution in [3.05, 3.63) is 265 Å². The average molecular weight is 2190 g/mol. The molecule has 15 rings (SSSR count). The van der Waals surface area contributed by atoms with Gasteiger partial charge in [-0.05, 0) is 165 Å². The Kier molecular flexibility index (Phi) is 37.8. The molecule has 4 aliphatic rings. The lowest BCUT2D eigenvalue weighted by atomic mass is 9.95. The van der Waals surface area contributed by atoms with Gasteiger partial charge in [-0.3, -0.25) is 45.3 Å². The first-order valence-electron chi connectivity index (χ1n) is 43.8. The molecule has 0 spiro atoms. The summed E-state index contributed by atoms with van der Waals surface area (Å²) in [6.07, 6.45) is 12.8. The molecule has 772 valence electrons. The number of thiazole rings is 1. The fraction of sp³-hybridized carbons (Fsp3) is 0.404. The van der Waals surface area contributed by atoms with Crippen LogP contribution < -0.4 is 25.9 Å². The number of aromatic nitrogens is 15. The van der Waals surface area contributed by atoms with Crippen LogP contribution in [0.4, 0.5) is 27.8 Å². The minimum Gasteiger partial charge on any atom is -0.393 e. The number of aliphatic hydroxyl groups is 5. The van der Waals surface area contributed by atoms with Crippen LogP contribution in [0.5, 0.6) is 0 Å². The molecule has 0 radical (unpaired) electrons. The van der Waals surface area contributed by atoms with E-state index in [9.17, 15) is 105 Å². The number of alkyl halides is 4. The van der Waals surface area contributed by atoms with Gasteiger partial charge in [0.2, 0.25) is 11.6 Å². The van der Waals surface area contributed by atoms with Crippen molar-refractivity contribution in [1.29, 1.82) is 0 Å². The fourth-order valence-corrected chi connectivity index (χ4v) is 19.9. The highest BCUT2D eigenvalue weighted by Gasteiger charge is 2.46.